The highest BCUT2D eigenvalue weighted by molar-refractivity contribution is 7.98. The Labute approximate surface area is 119 Å². The second-order valence-corrected chi connectivity index (χ2v) is 5.98. The first-order valence-corrected chi connectivity index (χ1v) is 8.13. The SMILES string of the molecule is CSc1ccc(OCCNC2(CO)CCCC2)cc1. The number of thioether (sulfide) groups is 1. The fourth-order valence-electron chi connectivity index (χ4n) is 2.60. The Balaban J connectivity index is 1.71. The quantitative estimate of drug-likeness (QED) is 0.595. The number of ether oxygens (including phenoxy) is 1. The van der Waals surface area contributed by atoms with Crippen LogP contribution < -0.4 is 10.1 Å². The van der Waals surface area contributed by atoms with Crippen molar-refractivity contribution in [2.75, 3.05) is 26.0 Å². The van der Waals surface area contributed by atoms with Crippen LogP contribution in [0.4, 0.5) is 0 Å². The van der Waals surface area contributed by atoms with E-state index in [0.29, 0.717) is 6.61 Å². The topological polar surface area (TPSA) is 41.5 Å². The van der Waals surface area contributed by atoms with Crippen LogP contribution in [0.3, 0.4) is 0 Å². The van der Waals surface area contributed by atoms with E-state index in [-0.39, 0.29) is 12.1 Å². The molecule has 4 heteroatoms. The fraction of sp³-hybridized carbons (Fsp3) is 0.600. The van der Waals surface area contributed by atoms with Gasteiger partial charge >= 0.3 is 0 Å². The third-order valence-corrected chi connectivity index (χ3v) is 4.54. The molecule has 2 rings (SSSR count). The molecule has 0 unspecified atom stereocenters. The van der Waals surface area contributed by atoms with Crippen molar-refractivity contribution in [1.82, 2.24) is 5.32 Å². The van der Waals surface area contributed by atoms with Gasteiger partial charge in [0.15, 0.2) is 0 Å². The molecule has 1 aromatic carbocycles. The van der Waals surface area contributed by atoms with Gasteiger partial charge in [-0.2, -0.15) is 0 Å². The molecule has 0 aromatic heterocycles. The summed E-state index contributed by atoms with van der Waals surface area (Å²) < 4.78 is 5.70. The average molecular weight is 281 g/mol. The molecule has 0 amide bonds. The van der Waals surface area contributed by atoms with E-state index in [1.54, 1.807) is 11.8 Å². The molecule has 2 N–H and O–H groups in total. The summed E-state index contributed by atoms with van der Waals surface area (Å²) in [5.41, 5.74) is -0.0495. The van der Waals surface area contributed by atoms with E-state index >= 15 is 0 Å². The van der Waals surface area contributed by atoms with Crippen LogP contribution in [0, 0.1) is 0 Å². The number of nitrogens with one attached hydrogen (secondary N) is 1. The maximum absolute atomic E-state index is 9.48. The van der Waals surface area contributed by atoms with E-state index in [1.807, 2.05) is 12.1 Å². The van der Waals surface area contributed by atoms with E-state index in [0.717, 1.165) is 25.1 Å². The summed E-state index contributed by atoms with van der Waals surface area (Å²) in [4.78, 5) is 1.25. The van der Waals surface area contributed by atoms with Crippen LogP contribution in [0.15, 0.2) is 29.2 Å². The molecule has 3 nitrogen and oxygen atoms in total. The molecular formula is C15H23NO2S. The van der Waals surface area contributed by atoms with Crippen LogP contribution in [0.5, 0.6) is 5.75 Å². The summed E-state index contributed by atoms with van der Waals surface area (Å²) in [5, 5.41) is 12.9. The Hall–Kier alpha value is -0.710. The normalized spacial score (nSPS) is 17.6. The van der Waals surface area contributed by atoms with Gasteiger partial charge in [-0.15, -0.1) is 11.8 Å². The van der Waals surface area contributed by atoms with E-state index in [4.69, 9.17) is 4.74 Å². The van der Waals surface area contributed by atoms with E-state index in [1.165, 1.54) is 17.7 Å². The number of hydrogen-bond donors (Lipinski definition) is 2. The van der Waals surface area contributed by atoms with Gasteiger partial charge in [0.25, 0.3) is 0 Å². The summed E-state index contributed by atoms with van der Waals surface area (Å²) in [5.74, 6) is 0.907. The second-order valence-electron chi connectivity index (χ2n) is 5.10. The Morgan fingerprint density at radius 2 is 1.95 bits per heavy atom. The Bertz CT molecular complexity index is 374. The molecule has 1 fully saturated rings. The lowest BCUT2D eigenvalue weighted by molar-refractivity contribution is 0.157. The lowest BCUT2D eigenvalue weighted by Crippen LogP contribution is -2.47. The lowest BCUT2D eigenvalue weighted by atomic mass is 9.99. The van der Waals surface area contributed by atoms with Gasteiger partial charge in [-0.25, -0.2) is 0 Å². The molecule has 0 bridgehead atoms. The minimum absolute atomic E-state index is 0.0495. The van der Waals surface area contributed by atoms with Crippen molar-refractivity contribution < 1.29 is 9.84 Å². The largest absolute Gasteiger partial charge is 0.492 e. The van der Waals surface area contributed by atoms with Crippen LogP contribution >= 0.6 is 11.8 Å². The van der Waals surface area contributed by atoms with Crippen LogP contribution in [0.2, 0.25) is 0 Å². The first-order chi connectivity index (χ1) is 9.28. The summed E-state index contributed by atoms with van der Waals surface area (Å²) in [6.07, 6.45) is 6.64. The molecule has 0 atom stereocenters. The fourth-order valence-corrected chi connectivity index (χ4v) is 3.01. The van der Waals surface area contributed by atoms with Gasteiger partial charge in [0.1, 0.15) is 12.4 Å². The number of benzene rings is 1. The molecular weight excluding hydrogens is 258 g/mol. The number of aliphatic hydroxyl groups is 1. The Morgan fingerprint density at radius 1 is 1.26 bits per heavy atom. The molecule has 1 aromatic rings. The molecule has 0 saturated heterocycles. The van der Waals surface area contributed by atoms with Gasteiger partial charge in [0.05, 0.1) is 6.61 Å². The zero-order valence-corrected chi connectivity index (χ0v) is 12.3. The smallest absolute Gasteiger partial charge is 0.119 e. The summed E-state index contributed by atoms with van der Waals surface area (Å²) >= 11 is 1.73. The zero-order valence-electron chi connectivity index (χ0n) is 11.5. The highest BCUT2D eigenvalue weighted by atomic mass is 32.2. The maximum Gasteiger partial charge on any atom is 0.119 e. The van der Waals surface area contributed by atoms with Crippen molar-refractivity contribution in [1.29, 1.82) is 0 Å². The average Bonchev–Trinajstić information content (AvgIpc) is 2.94. The van der Waals surface area contributed by atoms with E-state index in [9.17, 15) is 5.11 Å². The number of aliphatic hydroxyl groups excluding tert-OH is 1. The maximum atomic E-state index is 9.48. The minimum Gasteiger partial charge on any atom is -0.492 e. The zero-order chi connectivity index (χ0) is 13.6. The lowest BCUT2D eigenvalue weighted by Gasteiger charge is -2.28. The van der Waals surface area contributed by atoms with Crippen molar-refractivity contribution in [3.05, 3.63) is 24.3 Å². The van der Waals surface area contributed by atoms with Crippen LogP contribution in [0.25, 0.3) is 0 Å². The van der Waals surface area contributed by atoms with Crippen molar-refractivity contribution in [3.8, 4) is 5.75 Å². The minimum atomic E-state index is -0.0495. The summed E-state index contributed by atoms with van der Waals surface area (Å²) in [6, 6.07) is 8.14. The molecule has 0 heterocycles. The number of hydrogen-bond acceptors (Lipinski definition) is 4. The molecule has 0 radical (unpaired) electrons. The molecule has 0 aliphatic heterocycles. The van der Waals surface area contributed by atoms with Crippen LogP contribution in [-0.4, -0.2) is 36.7 Å². The monoisotopic (exact) mass is 281 g/mol. The number of rotatable bonds is 7. The van der Waals surface area contributed by atoms with Gasteiger partial charge in [0, 0.05) is 17.0 Å². The van der Waals surface area contributed by atoms with E-state index in [2.05, 4.69) is 23.7 Å². The van der Waals surface area contributed by atoms with Gasteiger partial charge in [-0.1, -0.05) is 12.8 Å². The van der Waals surface area contributed by atoms with Crippen molar-refractivity contribution in [2.24, 2.45) is 0 Å². The third-order valence-electron chi connectivity index (χ3n) is 3.79. The van der Waals surface area contributed by atoms with Crippen LogP contribution in [-0.2, 0) is 0 Å². The Morgan fingerprint density at radius 3 is 2.53 bits per heavy atom. The second kappa shape index (κ2) is 7.17. The van der Waals surface area contributed by atoms with Crippen molar-refractivity contribution in [2.45, 2.75) is 36.1 Å². The molecule has 1 aliphatic carbocycles. The standard InChI is InChI=1S/C15H23NO2S/c1-19-14-6-4-13(5-7-14)18-11-10-16-15(12-17)8-2-3-9-15/h4-7,16-17H,2-3,8-12H2,1H3. The third kappa shape index (κ3) is 4.13. The molecule has 1 aliphatic rings. The van der Waals surface area contributed by atoms with Gasteiger partial charge in [-0.3, -0.25) is 0 Å². The summed E-state index contributed by atoms with van der Waals surface area (Å²) in [6.45, 7) is 1.65. The summed E-state index contributed by atoms with van der Waals surface area (Å²) in [7, 11) is 0. The molecule has 106 valence electrons. The van der Waals surface area contributed by atoms with Gasteiger partial charge in [0.2, 0.25) is 0 Å². The molecule has 0 spiro atoms. The predicted molar refractivity (Wildman–Crippen MR) is 80.0 cm³/mol. The van der Waals surface area contributed by atoms with Crippen molar-refractivity contribution in [3.63, 3.8) is 0 Å². The van der Waals surface area contributed by atoms with E-state index < -0.39 is 0 Å². The first-order valence-electron chi connectivity index (χ1n) is 6.91. The molecule has 1 saturated carbocycles. The first kappa shape index (κ1) is 14.7. The highest BCUT2D eigenvalue weighted by Crippen LogP contribution is 2.28. The highest BCUT2D eigenvalue weighted by Gasteiger charge is 2.32. The van der Waals surface area contributed by atoms with Gasteiger partial charge < -0.3 is 15.2 Å². The molecule has 19 heavy (non-hydrogen) atoms. The predicted octanol–water partition coefficient (Wildman–Crippen LogP) is 2.68. The van der Waals surface area contributed by atoms with Crippen LogP contribution in [0.1, 0.15) is 25.7 Å². The van der Waals surface area contributed by atoms with Crippen molar-refractivity contribution >= 4 is 11.8 Å². The Kier molecular flexibility index (Phi) is 5.55. The van der Waals surface area contributed by atoms with Gasteiger partial charge in [-0.05, 0) is 43.4 Å².